The Morgan fingerprint density at radius 1 is 1.11 bits per heavy atom. The van der Waals surface area contributed by atoms with E-state index in [1.807, 2.05) is 31.2 Å². The number of benzene rings is 1. The van der Waals surface area contributed by atoms with E-state index in [2.05, 4.69) is 22.4 Å². The summed E-state index contributed by atoms with van der Waals surface area (Å²) in [5, 5.41) is 12.4. The van der Waals surface area contributed by atoms with Gasteiger partial charge < -0.3 is 5.32 Å². The SMILES string of the molecule is CCCCCc1nnc(NC(=O)CCn2c(=O)n(CC)c3ccccc32)s1. The molecule has 8 heteroatoms. The van der Waals surface area contributed by atoms with E-state index in [0.717, 1.165) is 35.3 Å². The number of aromatic nitrogens is 4. The van der Waals surface area contributed by atoms with E-state index in [9.17, 15) is 9.59 Å². The quantitative estimate of drug-likeness (QED) is 0.570. The zero-order valence-electron chi connectivity index (χ0n) is 15.8. The molecule has 7 nitrogen and oxygen atoms in total. The normalized spacial score (nSPS) is 11.2. The molecule has 0 aliphatic rings. The highest BCUT2D eigenvalue weighted by Gasteiger charge is 2.14. The first-order valence-corrected chi connectivity index (χ1v) is 10.3. The van der Waals surface area contributed by atoms with Crippen molar-refractivity contribution in [1.82, 2.24) is 19.3 Å². The number of carbonyl (C=O) groups is 1. The number of rotatable bonds is 9. The Hall–Kier alpha value is -2.48. The van der Waals surface area contributed by atoms with Crippen LogP contribution >= 0.6 is 11.3 Å². The highest BCUT2D eigenvalue weighted by atomic mass is 32.1. The topological polar surface area (TPSA) is 81.8 Å². The summed E-state index contributed by atoms with van der Waals surface area (Å²) in [6.07, 6.45) is 4.52. The highest BCUT2D eigenvalue weighted by Crippen LogP contribution is 2.18. The Kier molecular flexibility index (Phi) is 6.39. The van der Waals surface area contributed by atoms with Crippen molar-refractivity contribution >= 4 is 33.4 Å². The molecular weight excluding hydrogens is 362 g/mol. The zero-order chi connectivity index (χ0) is 19.2. The average Bonchev–Trinajstić information content (AvgIpc) is 3.21. The van der Waals surface area contributed by atoms with Gasteiger partial charge in [0.1, 0.15) is 5.01 Å². The van der Waals surface area contributed by atoms with Gasteiger partial charge in [0.05, 0.1) is 11.0 Å². The maximum atomic E-state index is 12.6. The third-order valence-electron chi connectivity index (χ3n) is 4.51. The molecule has 1 aromatic carbocycles. The molecule has 1 amide bonds. The first-order valence-electron chi connectivity index (χ1n) is 9.44. The summed E-state index contributed by atoms with van der Waals surface area (Å²) < 4.78 is 3.38. The van der Waals surface area contributed by atoms with E-state index in [4.69, 9.17) is 0 Å². The fourth-order valence-electron chi connectivity index (χ4n) is 3.12. The highest BCUT2D eigenvalue weighted by molar-refractivity contribution is 7.15. The molecule has 0 saturated carbocycles. The van der Waals surface area contributed by atoms with Gasteiger partial charge in [-0.15, -0.1) is 10.2 Å². The molecule has 0 fully saturated rings. The van der Waals surface area contributed by atoms with Gasteiger partial charge in [-0.3, -0.25) is 13.9 Å². The summed E-state index contributed by atoms with van der Waals surface area (Å²) in [5.41, 5.74) is 1.66. The molecular formula is C19H25N5O2S. The number of hydrogen-bond donors (Lipinski definition) is 1. The van der Waals surface area contributed by atoms with E-state index in [0.29, 0.717) is 18.2 Å². The van der Waals surface area contributed by atoms with Crippen LogP contribution in [0.25, 0.3) is 11.0 Å². The van der Waals surface area contributed by atoms with Crippen molar-refractivity contribution in [2.24, 2.45) is 0 Å². The van der Waals surface area contributed by atoms with E-state index < -0.39 is 0 Å². The van der Waals surface area contributed by atoms with E-state index in [1.54, 1.807) is 9.13 Å². The largest absolute Gasteiger partial charge is 0.329 e. The molecule has 0 saturated heterocycles. The Balaban J connectivity index is 1.62. The number of carbonyl (C=O) groups excluding carboxylic acids is 1. The monoisotopic (exact) mass is 387 g/mol. The molecule has 1 N–H and O–H groups in total. The molecule has 0 spiro atoms. The number of aryl methyl sites for hydroxylation is 3. The van der Waals surface area contributed by atoms with Gasteiger partial charge in [-0.1, -0.05) is 43.2 Å². The summed E-state index contributed by atoms with van der Waals surface area (Å²) >= 11 is 1.42. The lowest BCUT2D eigenvalue weighted by Gasteiger charge is -2.03. The number of hydrogen-bond acceptors (Lipinski definition) is 5. The van der Waals surface area contributed by atoms with Crippen LogP contribution in [-0.2, 0) is 24.3 Å². The Morgan fingerprint density at radius 2 is 1.85 bits per heavy atom. The summed E-state index contributed by atoms with van der Waals surface area (Å²) in [6, 6.07) is 7.66. The van der Waals surface area contributed by atoms with Crippen molar-refractivity contribution < 1.29 is 4.79 Å². The van der Waals surface area contributed by atoms with Crippen LogP contribution < -0.4 is 11.0 Å². The number of imidazole rings is 1. The van der Waals surface area contributed by atoms with Gasteiger partial charge in [0.2, 0.25) is 11.0 Å². The molecule has 27 heavy (non-hydrogen) atoms. The molecule has 144 valence electrons. The molecule has 0 atom stereocenters. The lowest BCUT2D eigenvalue weighted by Crippen LogP contribution is -2.25. The van der Waals surface area contributed by atoms with E-state index in [-0.39, 0.29) is 18.0 Å². The Labute approximate surface area is 162 Å². The van der Waals surface area contributed by atoms with Gasteiger partial charge in [-0.2, -0.15) is 0 Å². The third-order valence-corrected chi connectivity index (χ3v) is 5.41. The van der Waals surface area contributed by atoms with Crippen LogP contribution in [0.5, 0.6) is 0 Å². The number of para-hydroxylation sites is 2. The van der Waals surface area contributed by atoms with Crippen molar-refractivity contribution in [2.75, 3.05) is 5.32 Å². The number of nitrogens with zero attached hydrogens (tertiary/aromatic N) is 4. The second-order valence-corrected chi connectivity index (χ2v) is 7.49. The molecule has 0 unspecified atom stereocenters. The number of nitrogens with one attached hydrogen (secondary N) is 1. The van der Waals surface area contributed by atoms with Crippen molar-refractivity contribution in [2.45, 2.75) is 59.0 Å². The molecule has 3 rings (SSSR count). The summed E-state index contributed by atoms with van der Waals surface area (Å²) in [7, 11) is 0. The lowest BCUT2D eigenvalue weighted by atomic mass is 10.2. The molecule has 0 aliphatic carbocycles. The first kappa shape index (κ1) is 19.3. The number of unbranched alkanes of at least 4 members (excludes halogenated alkanes) is 2. The number of fused-ring (bicyclic) bond motifs is 1. The molecule has 0 aliphatic heterocycles. The van der Waals surface area contributed by atoms with Crippen molar-refractivity contribution in [3.8, 4) is 0 Å². The van der Waals surface area contributed by atoms with Crippen LogP contribution in [0.2, 0.25) is 0 Å². The van der Waals surface area contributed by atoms with Crippen LogP contribution in [-0.4, -0.2) is 25.2 Å². The smallest absolute Gasteiger partial charge is 0.300 e. The van der Waals surface area contributed by atoms with E-state index >= 15 is 0 Å². The minimum Gasteiger partial charge on any atom is -0.300 e. The summed E-state index contributed by atoms with van der Waals surface area (Å²) in [6.45, 7) is 5.04. The van der Waals surface area contributed by atoms with Crippen LogP contribution in [0, 0.1) is 0 Å². The maximum absolute atomic E-state index is 12.6. The van der Waals surface area contributed by atoms with Crippen LogP contribution in [0.1, 0.15) is 44.5 Å². The van der Waals surface area contributed by atoms with E-state index in [1.165, 1.54) is 17.8 Å². The Morgan fingerprint density at radius 3 is 2.56 bits per heavy atom. The lowest BCUT2D eigenvalue weighted by molar-refractivity contribution is -0.116. The maximum Gasteiger partial charge on any atom is 0.329 e. The standard InChI is InChI=1S/C19H25N5O2S/c1-3-5-6-11-17-21-22-18(27-17)20-16(25)12-13-24-15-10-8-7-9-14(15)23(4-2)19(24)26/h7-10H,3-6,11-13H2,1-2H3,(H,20,22,25). The summed E-state index contributed by atoms with van der Waals surface area (Å²) in [5.74, 6) is -0.161. The zero-order valence-corrected chi connectivity index (χ0v) is 16.6. The van der Waals surface area contributed by atoms with Crippen molar-refractivity contribution in [1.29, 1.82) is 0 Å². The molecule has 3 aromatic rings. The number of amides is 1. The second kappa shape index (κ2) is 8.94. The predicted molar refractivity (Wildman–Crippen MR) is 108 cm³/mol. The van der Waals surface area contributed by atoms with Gasteiger partial charge in [0.25, 0.3) is 0 Å². The van der Waals surface area contributed by atoms with Crippen LogP contribution in [0.3, 0.4) is 0 Å². The molecule has 2 heterocycles. The second-order valence-electron chi connectivity index (χ2n) is 6.42. The van der Waals surface area contributed by atoms with Gasteiger partial charge in [-0.25, -0.2) is 4.79 Å². The molecule has 0 radical (unpaired) electrons. The van der Waals surface area contributed by atoms with Crippen LogP contribution in [0.4, 0.5) is 5.13 Å². The number of anilines is 1. The fourth-order valence-corrected chi connectivity index (χ4v) is 3.92. The van der Waals surface area contributed by atoms with Gasteiger partial charge in [0.15, 0.2) is 0 Å². The summed E-state index contributed by atoms with van der Waals surface area (Å²) in [4.78, 5) is 24.9. The Bertz CT molecular complexity index is 972. The third kappa shape index (κ3) is 4.44. The van der Waals surface area contributed by atoms with Gasteiger partial charge >= 0.3 is 5.69 Å². The molecule has 0 bridgehead atoms. The van der Waals surface area contributed by atoms with Crippen molar-refractivity contribution in [3.63, 3.8) is 0 Å². The minimum atomic E-state index is -0.161. The van der Waals surface area contributed by atoms with Gasteiger partial charge in [-0.05, 0) is 25.5 Å². The van der Waals surface area contributed by atoms with Crippen LogP contribution in [0.15, 0.2) is 29.1 Å². The first-order chi connectivity index (χ1) is 13.1. The molecule has 2 aromatic heterocycles. The fraction of sp³-hybridized carbons (Fsp3) is 0.474. The minimum absolute atomic E-state index is 0.0828. The predicted octanol–water partition coefficient (Wildman–Crippen LogP) is 3.44. The average molecular weight is 388 g/mol. The van der Waals surface area contributed by atoms with Crippen molar-refractivity contribution in [3.05, 3.63) is 39.8 Å². The van der Waals surface area contributed by atoms with Gasteiger partial charge in [0, 0.05) is 25.9 Å².